The lowest BCUT2D eigenvalue weighted by atomic mass is 9.67. The van der Waals surface area contributed by atoms with E-state index < -0.39 is 6.04 Å². The fraction of sp³-hybridized carbons (Fsp3) is 0.700. The second-order valence-electron chi connectivity index (χ2n) is 12.7. The molecule has 0 aromatic heterocycles. The molecule has 4 heterocycles. The van der Waals surface area contributed by atoms with E-state index in [1.807, 2.05) is 6.07 Å². The van der Waals surface area contributed by atoms with Gasteiger partial charge in [0.25, 0.3) is 5.91 Å². The van der Waals surface area contributed by atoms with Gasteiger partial charge in [0.2, 0.25) is 11.8 Å². The maximum Gasteiger partial charge on any atom is 0.255 e. The molecule has 4 aliphatic heterocycles. The van der Waals surface area contributed by atoms with Crippen LogP contribution < -0.4 is 15.0 Å². The molecule has 1 unspecified atom stereocenters. The molecule has 0 radical (unpaired) electrons. The molecule has 1 saturated carbocycles. The van der Waals surface area contributed by atoms with Gasteiger partial charge in [0.05, 0.1) is 11.2 Å². The van der Waals surface area contributed by atoms with Crippen LogP contribution in [0.5, 0.6) is 5.75 Å². The molecule has 1 aromatic carbocycles. The summed E-state index contributed by atoms with van der Waals surface area (Å²) < 4.78 is 6.32. The number of piperazine rings is 1. The van der Waals surface area contributed by atoms with Gasteiger partial charge in [-0.05, 0) is 68.1 Å². The topological polar surface area (TPSA) is 82.2 Å². The highest BCUT2D eigenvalue weighted by Crippen LogP contribution is 2.46. The number of hydrogen-bond donors (Lipinski definition) is 1. The molecular weight excluding hydrogens is 480 g/mol. The number of rotatable bonds is 5. The minimum Gasteiger partial charge on any atom is -0.489 e. The van der Waals surface area contributed by atoms with Crippen LogP contribution in [-0.4, -0.2) is 71.9 Å². The number of ether oxygens (including phenoxy) is 1. The van der Waals surface area contributed by atoms with Crippen LogP contribution in [0.1, 0.15) is 88.1 Å². The minimum absolute atomic E-state index is 0.114. The zero-order chi connectivity index (χ0) is 26.7. The van der Waals surface area contributed by atoms with Gasteiger partial charge >= 0.3 is 0 Å². The Labute approximate surface area is 226 Å². The number of fused-ring (bicyclic) bond motifs is 4. The standard InChI is InChI=1S/C30H42N4O4/c1-4-30(5-2)10-8-20(9-11-30)16-32-12-13-34-24-14-21-17-33(23-6-7-26(35)31-27(23)36)28(37)22(21)15-25(24)38-19-29(34,3)18-32/h14-15,20,23H,4-13,16-19H2,1-3H3,(H,31,35,36)/t23?,29-/m0/s1. The Morgan fingerprint density at radius 3 is 2.53 bits per heavy atom. The number of anilines is 1. The summed E-state index contributed by atoms with van der Waals surface area (Å²) in [5.41, 5.74) is 3.08. The number of nitrogens with zero attached hydrogens (tertiary/aromatic N) is 3. The average Bonchev–Trinajstić information content (AvgIpc) is 3.22. The predicted octanol–water partition coefficient (Wildman–Crippen LogP) is 3.72. The van der Waals surface area contributed by atoms with Crippen molar-refractivity contribution in [3.8, 4) is 5.75 Å². The summed E-state index contributed by atoms with van der Waals surface area (Å²) in [7, 11) is 0. The first-order valence-electron chi connectivity index (χ1n) is 14.7. The molecule has 1 aromatic rings. The highest BCUT2D eigenvalue weighted by atomic mass is 16.5. The molecule has 1 N–H and O–H groups in total. The Morgan fingerprint density at radius 2 is 1.82 bits per heavy atom. The number of piperidine rings is 1. The van der Waals surface area contributed by atoms with Crippen molar-refractivity contribution >= 4 is 23.4 Å². The number of benzene rings is 1. The summed E-state index contributed by atoms with van der Waals surface area (Å²) in [5, 5.41) is 2.38. The maximum atomic E-state index is 13.3. The van der Waals surface area contributed by atoms with Crippen LogP contribution in [0.15, 0.2) is 12.1 Å². The highest BCUT2D eigenvalue weighted by Gasteiger charge is 2.46. The van der Waals surface area contributed by atoms with E-state index in [4.69, 9.17) is 4.74 Å². The molecule has 8 heteroatoms. The Morgan fingerprint density at radius 1 is 1.05 bits per heavy atom. The van der Waals surface area contributed by atoms with Crippen molar-refractivity contribution < 1.29 is 19.1 Å². The van der Waals surface area contributed by atoms with Crippen molar-refractivity contribution in [3.63, 3.8) is 0 Å². The number of carbonyl (C=O) groups excluding carboxylic acids is 3. The van der Waals surface area contributed by atoms with Crippen molar-refractivity contribution in [1.29, 1.82) is 0 Å². The number of amides is 3. The van der Waals surface area contributed by atoms with Crippen molar-refractivity contribution in [2.75, 3.05) is 37.7 Å². The predicted molar refractivity (Wildman–Crippen MR) is 145 cm³/mol. The highest BCUT2D eigenvalue weighted by molar-refractivity contribution is 6.05. The van der Waals surface area contributed by atoms with Crippen LogP contribution in [0, 0.1) is 11.3 Å². The van der Waals surface area contributed by atoms with Crippen LogP contribution in [-0.2, 0) is 16.1 Å². The summed E-state index contributed by atoms with van der Waals surface area (Å²) in [4.78, 5) is 44.1. The second kappa shape index (κ2) is 9.54. The van der Waals surface area contributed by atoms with Gasteiger partial charge in [0, 0.05) is 44.7 Å². The van der Waals surface area contributed by atoms with Gasteiger partial charge in [-0.3, -0.25) is 24.6 Å². The van der Waals surface area contributed by atoms with Gasteiger partial charge in [-0.25, -0.2) is 0 Å². The summed E-state index contributed by atoms with van der Waals surface area (Å²) >= 11 is 0. The molecule has 1 aliphatic carbocycles. The van der Waals surface area contributed by atoms with Crippen LogP contribution in [0.4, 0.5) is 5.69 Å². The fourth-order valence-corrected chi connectivity index (χ4v) is 7.79. The molecule has 5 aliphatic rings. The zero-order valence-electron chi connectivity index (χ0n) is 23.2. The first kappa shape index (κ1) is 25.7. The number of nitrogens with one attached hydrogen (secondary N) is 1. The van der Waals surface area contributed by atoms with Crippen LogP contribution in [0.25, 0.3) is 0 Å². The third kappa shape index (κ3) is 4.29. The van der Waals surface area contributed by atoms with Crippen molar-refractivity contribution in [1.82, 2.24) is 15.1 Å². The lowest BCUT2D eigenvalue weighted by Crippen LogP contribution is -2.65. The molecule has 2 atom stereocenters. The Hall–Kier alpha value is -2.61. The van der Waals surface area contributed by atoms with E-state index in [9.17, 15) is 14.4 Å². The molecule has 2 saturated heterocycles. The Kier molecular flexibility index (Phi) is 6.44. The minimum atomic E-state index is -0.598. The second-order valence-corrected chi connectivity index (χ2v) is 12.7. The molecule has 0 bridgehead atoms. The zero-order valence-corrected chi connectivity index (χ0v) is 23.2. The SMILES string of the molecule is CCC1(CC)CCC(CN2CCN3c4cc5c(cc4OC[C@]3(C)C2)C(=O)N(C2CCC(=O)NC2=O)C5)CC1. The molecule has 6 rings (SSSR count). The van der Waals surface area contributed by atoms with E-state index in [0.717, 1.165) is 42.6 Å². The van der Waals surface area contributed by atoms with Gasteiger partial charge in [0.1, 0.15) is 18.4 Å². The first-order chi connectivity index (χ1) is 18.2. The average molecular weight is 523 g/mol. The monoisotopic (exact) mass is 522 g/mol. The Balaban J connectivity index is 1.14. The van der Waals surface area contributed by atoms with Crippen molar-refractivity contribution in [2.45, 2.75) is 90.3 Å². The van der Waals surface area contributed by atoms with E-state index in [2.05, 4.69) is 42.0 Å². The molecule has 0 spiro atoms. The molecule has 8 nitrogen and oxygen atoms in total. The van der Waals surface area contributed by atoms with E-state index in [0.29, 0.717) is 30.6 Å². The molecule has 38 heavy (non-hydrogen) atoms. The largest absolute Gasteiger partial charge is 0.489 e. The van der Waals surface area contributed by atoms with E-state index in [1.165, 1.54) is 45.1 Å². The lowest BCUT2D eigenvalue weighted by Gasteiger charge is -2.53. The third-order valence-electron chi connectivity index (χ3n) is 10.5. The Bertz CT molecular complexity index is 1140. The molecule has 3 amide bonds. The third-order valence-corrected chi connectivity index (χ3v) is 10.5. The smallest absolute Gasteiger partial charge is 0.255 e. The van der Waals surface area contributed by atoms with E-state index in [-0.39, 0.29) is 29.7 Å². The van der Waals surface area contributed by atoms with E-state index in [1.54, 1.807) is 4.90 Å². The number of carbonyl (C=O) groups is 3. The summed E-state index contributed by atoms with van der Waals surface area (Å²) in [6, 6.07) is 3.39. The van der Waals surface area contributed by atoms with Gasteiger partial charge in [0.15, 0.2) is 0 Å². The summed E-state index contributed by atoms with van der Waals surface area (Å²) in [5.74, 6) is 0.759. The molecule has 3 fully saturated rings. The maximum absolute atomic E-state index is 13.3. The number of hydrogen-bond acceptors (Lipinski definition) is 6. The first-order valence-corrected chi connectivity index (χ1v) is 14.7. The van der Waals surface area contributed by atoms with E-state index >= 15 is 0 Å². The van der Waals surface area contributed by atoms with Gasteiger partial charge in [-0.1, -0.05) is 26.7 Å². The van der Waals surface area contributed by atoms with Gasteiger partial charge in [-0.15, -0.1) is 0 Å². The molecule has 206 valence electrons. The van der Waals surface area contributed by atoms with Crippen LogP contribution >= 0.6 is 0 Å². The quantitative estimate of drug-likeness (QED) is 0.594. The van der Waals surface area contributed by atoms with Crippen LogP contribution in [0.3, 0.4) is 0 Å². The summed E-state index contributed by atoms with van der Waals surface area (Å²) in [6.07, 6.45) is 8.70. The summed E-state index contributed by atoms with van der Waals surface area (Å²) in [6.45, 7) is 12.2. The van der Waals surface area contributed by atoms with Crippen LogP contribution in [0.2, 0.25) is 0 Å². The van der Waals surface area contributed by atoms with Gasteiger partial charge in [-0.2, -0.15) is 0 Å². The van der Waals surface area contributed by atoms with Crippen molar-refractivity contribution in [3.05, 3.63) is 23.3 Å². The normalized spacial score (nSPS) is 29.4. The number of imide groups is 1. The fourth-order valence-electron chi connectivity index (χ4n) is 7.79. The van der Waals surface area contributed by atoms with Gasteiger partial charge < -0.3 is 14.5 Å². The lowest BCUT2D eigenvalue weighted by molar-refractivity contribution is -0.136. The molecular formula is C30H42N4O4. The van der Waals surface area contributed by atoms with Crippen molar-refractivity contribution in [2.24, 2.45) is 11.3 Å².